The second-order valence-corrected chi connectivity index (χ2v) is 9.82. The van der Waals surface area contributed by atoms with E-state index < -0.39 is 5.97 Å². The van der Waals surface area contributed by atoms with Gasteiger partial charge in [-0.25, -0.2) is 0 Å². The van der Waals surface area contributed by atoms with Crippen molar-refractivity contribution in [3.8, 4) is 11.5 Å². The summed E-state index contributed by atoms with van der Waals surface area (Å²) in [5.41, 5.74) is 3.88. The summed E-state index contributed by atoms with van der Waals surface area (Å²) >= 11 is 0. The normalized spacial score (nSPS) is 16.1. The minimum absolute atomic E-state index is 0.0907. The molecule has 1 aliphatic rings. The van der Waals surface area contributed by atoms with Crippen molar-refractivity contribution < 1.29 is 20.1 Å². The minimum atomic E-state index is -0.808. The van der Waals surface area contributed by atoms with Crippen LogP contribution in [0.4, 0.5) is 0 Å². The molecule has 2 aromatic carbocycles. The van der Waals surface area contributed by atoms with E-state index in [0.29, 0.717) is 31.8 Å². The van der Waals surface area contributed by atoms with Crippen LogP contribution >= 0.6 is 0 Å². The van der Waals surface area contributed by atoms with Crippen molar-refractivity contribution in [2.24, 2.45) is 5.18 Å². The summed E-state index contributed by atoms with van der Waals surface area (Å²) in [7, 11) is 0. The van der Waals surface area contributed by atoms with Gasteiger partial charge >= 0.3 is 5.97 Å². The molecular formula is C28H40N4O5. The van der Waals surface area contributed by atoms with Crippen LogP contribution in [0.15, 0.2) is 41.6 Å². The van der Waals surface area contributed by atoms with Crippen LogP contribution in [0.25, 0.3) is 0 Å². The molecule has 9 nitrogen and oxygen atoms in total. The fourth-order valence-electron chi connectivity index (χ4n) is 4.76. The molecule has 0 amide bonds. The van der Waals surface area contributed by atoms with Crippen molar-refractivity contribution in [2.75, 3.05) is 52.4 Å². The molecule has 3 N–H and O–H groups in total. The Labute approximate surface area is 219 Å². The number of aliphatic carboxylic acids is 1. The van der Waals surface area contributed by atoms with Crippen LogP contribution in [0.1, 0.15) is 42.0 Å². The largest absolute Gasteiger partial charge is 0.508 e. The zero-order valence-electron chi connectivity index (χ0n) is 21.8. The molecule has 1 saturated heterocycles. The molecule has 0 aromatic heterocycles. The quantitative estimate of drug-likeness (QED) is 0.370. The second-order valence-electron chi connectivity index (χ2n) is 9.82. The van der Waals surface area contributed by atoms with E-state index in [9.17, 15) is 25.0 Å². The monoisotopic (exact) mass is 512 g/mol. The van der Waals surface area contributed by atoms with Gasteiger partial charge in [0.2, 0.25) is 0 Å². The lowest BCUT2D eigenvalue weighted by Crippen LogP contribution is -2.37. The van der Waals surface area contributed by atoms with Gasteiger partial charge in [0, 0.05) is 70.0 Å². The summed E-state index contributed by atoms with van der Waals surface area (Å²) < 4.78 is 0. The number of phenolic OH excluding ortho intramolecular Hbond substituents is 2. The lowest BCUT2D eigenvalue weighted by atomic mass is 10.1. The summed E-state index contributed by atoms with van der Waals surface area (Å²) in [6, 6.07) is 11.3. The number of hydrogen-bond acceptors (Lipinski definition) is 8. The van der Waals surface area contributed by atoms with Crippen LogP contribution in [0.2, 0.25) is 0 Å². The maximum atomic E-state index is 11.2. The molecule has 2 aromatic rings. The number of aromatic hydroxyl groups is 2. The van der Waals surface area contributed by atoms with Gasteiger partial charge in [-0.3, -0.25) is 14.6 Å². The van der Waals surface area contributed by atoms with Gasteiger partial charge < -0.3 is 20.2 Å². The highest BCUT2D eigenvalue weighted by Crippen LogP contribution is 2.23. The molecule has 37 heavy (non-hydrogen) atoms. The van der Waals surface area contributed by atoms with Crippen LogP contribution in [0.3, 0.4) is 0 Å². The number of carbonyl (C=O) groups is 1. The van der Waals surface area contributed by atoms with Crippen molar-refractivity contribution in [3.63, 3.8) is 0 Å². The number of benzene rings is 2. The van der Waals surface area contributed by atoms with Gasteiger partial charge in [0.15, 0.2) is 0 Å². The summed E-state index contributed by atoms with van der Waals surface area (Å²) in [4.78, 5) is 28.5. The lowest BCUT2D eigenvalue weighted by Gasteiger charge is -2.26. The highest BCUT2D eigenvalue weighted by Gasteiger charge is 2.19. The van der Waals surface area contributed by atoms with Crippen molar-refractivity contribution in [1.29, 1.82) is 0 Å². The molecule has 1 aliphatic heterocycles. The van der Waals surface area contributed by atoms with Gasteiger partial charge in [-0.05, 0) is 36.1 Å². The van der Waals surface area contributed by atoms with Gasteiger partial charge in [-0.1, -0.05) is 42.8 Å². The molecule has 0 aliphatic carbocycles. The Balaban J connectivity index is 1.76. The number of rotatable bonds is 12. The van der Waals surface area contributed by atoms with Crippen LogP contribution < -0.4 is 0 Å². The van der Waals surface area contributed by atoms with Crippen LogP contribution in [0.5, 0.6) is 11.5 Å². The fourth-order valence-corrected chi connectivity index (χ4v) is 4.76. The number of nitrogens with zero attached hydrogens (tertiary/aromatic N) is 4. The van der Waals surface area contributed by atoms with E-state index in [1.807, 2.05) is 18.2 Å². The van der Waals surface area contributed by atoms with Crippen molar-refractivity contribution >= 4 is 5.97 Å². The lowest BCUT2D eigenvalue weighted by molar-refractivity contribution is -0.137. The average molecular weight is 513 g/mol. The van der Waals surface area contributed by atoms with Crippen LogP contribution in [-0.4, -0.2) is 88.3 Å². The SMILES string of the molecule is CCCc1ccc(O)c(CN2CCN(CCC(=O)O)CCN(Cc3cc(CCN=O)ccc3O)CC2)c1. The maximum Gasteiger partial charge on any atom is 0.304 e. The molecule has 1 fully saturated rings. The molecule has 3 rings (SSSR count). The smallest absolute Gasteiger partial charge is 0.304 e. The Morgan fingerprint density at radius 3 is 1.76 bits per heavy atom. The number of carboxylic acid groups (broad SMARTS) is 1. The Morgan fingerprint density at radius 1 is 0.811 bits per heavy atom. The third-order valence-corrected chi connectivity index (χ3v) is 6.95. The maximum absolute atomic E-state index is 11.2. The van der Waals surface area contributed by atoms with Gasteiger partial charge in [0.05, 0.1) is 13.0 Å². The third-order valence-electron chi connectivity index (χ3n) is 6.95. The first kappa shape index (κ1) is 28.6. The molecule has 9 heteroatoms. The molecule has 0 radical (unpaired) electrons. The molecular weight excluding hydrogens is 472 g/mol. The topological polar surface area (TPSA) is 117 Å². The zero-order valence-corrected chi connectivity index (χ0v) is 21.8. The van der Waals surface area contributed by atoms with E-state index in [2.05, 4.69) is 32.9 Å². The van der Waals surface area contributed by atoms with E-state index >= 15 is 0 Å². The third kappa shape index (κ3) is 9.42. The Kier molecular flexibility index (Phi) is 11.3. The van der Waals surface area contributed by atoms with Gasteiger partial charge in [-0.2, -0.15) is 4.91 Å². The number of nitroso groups, excluding NO2 is 1. The summed E-state index contributed by atoms with van der Waals surface area (Å²) in [6.07, 6.45) is 2.64. The first-order valence-electron chi connectivity index (χ1n) is 13.2. The fraction of sp³-hybridized carbons (Fsp3) is 0.536. The van der Waals surface area contributed by atoms with E-state index in [4.69, 9.17) is 0 Å². The number of carboxylic acids is 1. The predicted octanol–water partition coefficient (Wildman–Crippen LogP) is 3.45. The Morgan fingerprint density at radius 2 is 1.30 bits per heavy atom. The molecule has 0 unspecified atom stereocenters. The van der Waals surface area contributed by atoms with E-state index in [0.717, 1.165) is 68.8 Å². The van der Waals surface area contributed by atoms with E-state index in [1.54, 1.807) is 12.1 Å². The Hall–Kier alpha value is -3.01. The molecule has 0 bridgehead atoms. The van der Waals surface area contributed by atoms with Gasteiger partial charge in [0.1, 0.15) is 11.5 Å². The van der Waals surface area contributed by atoms with Crippen LogP contribution in [0, 0.1) is 4.91 Å². The number of phenols is 2. The average Bonchev–Trinajstić information content (AvgIpc) is 2.96. The molecule has 0 atom stereocenters. The molecule has 1 heterocycles. The summed E-state index contributed by atoms with van der Waals surface area (Å²) in [5.74, 6) is -0.288. The standard InChI is InChI=1S/C28H40N4O5/c1-2-3-22-4-6-26(33)24(18-22)20-31-14-12-30(11-9-28(35)36)13-15-32(17-16-31)21-25-19-23(8-10-29-37)5-7-27(25)34/h4-7,18-19,33-34H,2-3,8-17,20-21H2,1H3,(H,35,36). The molecule has 0 spiro atoms. The van der Waals surface area contributed by atoms with E-state index in [1.165, 1.54) is 5.56 Å². The predicted molar refractivity (Wildman–Crippen MR) is 144 cm³/mol. The first-order chi connectivity index (χ1) is 17.9. The number of hydrogen-bond donors (Lipinski definition) is 3. The molecule has 202 valence electrons. The Bertz CT molecular complexity index is 1030. The highest BCUT2D eigenvalue weighted by molar-refractivity contribution is 5.66. The summed E-state index contributed by atoms with van der Waals surface area (Å²) in [6.45, 7) is 8.51. The minimum Gasteiger partial charge on any atom is -0.508 e. The summed E-state index contributed by atoms with van der Waals surface area (Å²) in [5, 5.41) is 33.2. The highest BCUT2D eigenvalue weighted by atomic mass is 16.4. The van der Waals surface area contributed by atoms with Crippen LogP contribution in [-0.2, 0) is 30.7 Å². The van der Waals surface area contributed by atoms with Crippen molar-refractivity contribution in [3.05, 3.63) is 63.6 Å². The zero-order chi connectivity index (χ0) is 26.6. The first-order valence-corrected chi connectivity index (χ1v) is 13.2. The second kappa shape index (κ2) is 14.7. The van der Waals surface area contributed by atoms with Gasteiger partial charge in [-0.15, -0.1) is 0 Å². The van der Waals surface area contributed by atoms with Gasteiger partial charge in [0.25, 0.3) is 0 Å². The molecule has 0 saturated carbocycles. The number of aryl methyl sites for hydroxylation is 1. The van der Waals surface area contributed by atoms with E-state index in [-0.39, 0.29) is 18.7 Å². The van der Waals surface area contributed by atoms with Crippen molar-refractivity contribution in [1.82, 2.24) is 14.7 Å². The van der Waals surface area contributed by atoms with Crippen molar-refractivity contribution in [2.45, 2.75) is 45.7 Å².